The van der Waals surface area contributed by atoms with Crippen LogP contribution in [0.2, 0.25) is 0 Å². The molecule has 1 fully saturated rings. The van der Waals surface area contributed by atoms with E-state index in [1.807, 2.05) is 0 Å². The van der Waals surface area contributed by atoms with Crippen LogP contribution in [-0.4, -0.2) is 30.4 Å². The van der Waals surface area contributed by atoms with Crippen LogP contribution in [0.1, 0.15) is 24.1 Å². The molecule has 1 amide bonds. The van der Waals surface area contributed by atoms with E-state index >= 15 is 0 Å². The highest BCUT2D eigenvalue weighted by Crippen LogP contribution is 2.25. The van der Waals surface area contributed by atoms with Gasteiger partial charge in [-0.25, -0.2) is 0 Å². The van der Waals surface area contributed by atoms with Crippen molar-refractivity contribution >= 4 is 33.2 Å². The molecule has 3 nitrogen and oxygen atoms in total. The molecule has 1 saturated heterocycles. The van der Waals surface area contributed by atoms with Crippen LogP contribution in [0.15, 0.2) is 15.9 Å². The minimum Gasteiger partial charge on any atom is -0.358 e. The van der Waals surface area contributed by atoms with E-state index in [9.17, 15) is 4.79 Å². The molecule has 2 heterocycles. The van der Waals surface area contributed by atoms with Crippen LogP contribution in [-0.2, 0) is 11.3 Å². The maximum absolute atomic E-state index is 11.8. The molecule has 1 aromatic heterocycles. The Hall–Kier alpha value is -0.390. The molecular formula is C12H17BrN2OS. The monoisotopic (exact) mass is 316 g/mol. The summed E-state index contributed by atoms with van der Waals surface area (Å²) >= 11 is 5.21. The molecule has 1 unspecified atom stereocenters. The van der Waals surface area contributed by atoms with Crippen molar-refractivity contribution in [3.63, 3.8) is 0 Å². The summed E-state index contributed by atoms with van der Waals surface area (Å²) < 4.78 is 1.13. The van der Waals surface area contributed by atoms with Gasteiger partial charge in [0.1, 0.15) is 0 Å². The van der Waals surface area contributed by atoms with E-state index in [1.165, 1.54) is 11.3 Å². The maximum atomic E-state index is 11.8. The molecule has 1 aliphatic rings. The zero-order valence-corrected chi connectivity index (χ0v) is 12.3. The first-order chi connectivity index (χ1) is 8.20. The van der Waals surface area contributed by atoms with Gasteiger partial charge in [0.15, 0.2) is 0 Å². The minimum absolute atomic E-state index is 0.0506. The van der Waals surface area contributed by atoms with Crippen molar-refractivity contribution in [1.29, 1.82) is 0 Å². The molecule has 1 aromatic rings. The lowest BCUT2D eigenvalue weighted by atomic mass is 10.0. The third kappa shape index (κ3) is 3.30. The maximum Gasteiger partial charge on any atom is 0.237 e. The fraction of sp³-hybridized carbons (Fsp3) is 0.583. The highest BCUT2D eigenvalue weighted by molar-refractivity contribution is 9.10. The Morgan fingerprint density at radius 2 is 2.47 bits per heavy atom. The van der Waals surface area contributed by atoms with Crippen LogP contribution in [0, 0.1) is 0 Å². The third-order valence-corrected chi connectivity index (χ3v) is 4.83. The molecule has 0 radical (unpaired) electrons. The second-order valence-corrected chi connectivity index (χ2v) is 6.24. The smallest absolute Gasteiger partial charge is 0.237 e. The molecule has 1 aliphatic heterocycles. The normalized spacial score (nSPS) is 21.4. The van der Waals surface area contributed by atoms with Gasteiger partial charge in [0.25, 0.3) is 0 Å². The highest BCUT2D eigenvalue weighted by atomic mass is 79.9. The molecule has 2 rings (SSSR count). The average molecular weight is 317 g/mol. The van der Waals surface area contributed by atoms with E-state index in [0.29, 0.717) is 0 Å². The number of amides is 1. The van der Waals surface area contributed by atoms with Crippen molar-refractivity contribution in [1.82, 2.24) is 10.2 Å². The van der Waals surface area contributed by atoms with Gasteiger partial charge in [-0.2, -0.15) is 0 Å². The van der Waals surface area contributed by atoms with E-state index in [0.717, 1.165) is 30.4 Å². The zero-order chi connectivity index (χ0) is 12.3. The van der Waals surface area contributed by atoms with Gasteiger partial charge in [0, 0.05) is 28.3 Å². The van der Waals surface area contributed by atoms with Gasteiger partial charge in [-0.3, -0.25) is 9.69 Å². The fourth-order valence-electron chi connectivity index (χ4n) is 2.28. The van der Waals surface area contributed by atoms with Gasteiger partial charge in [-0.05, 0) is 41.4 Å². The molecule has 0 spiro atoms. The number of carbonyl (C=O) groups is 1. The van der Waals surface area contributed by atoms with Crippen molar-refractivity contribution < 1.29 is 4.79 Å². The summed E-state index contributed by atoms with van der Waals surface area (Å²) in [6.07, 6.45) is 3.33. The van der Waals surface area contributed by atoms with Gasteiger partial charge in [0.2, 0.25) is 5.91 Å². The van der Waals surface area contributed by atoms with Crippen molar-refractivity contribution in [3.8, 4) is 0 Å². The molecule has 0 aliphatic carbocycles. The summed E-state index contributed by atoms with van der Waals surface area (Å²) in [6.45, 7) is 1.90. The third-order valence-electron chi connectivity index (χ3n) is 3.14. The van der Waals surface area contributed by atoms with Crippen LogP contribution in [0.25, 0.3) is 0 Å². The lowest BCUT2D eigenvalue weighted by Crippen LogP contribution is -2.48. The number of nitrogens with zero attached hydrogens (tertiary/aromatic N) is 1. The minimum atomic E-state index is 0.0506. The number of carbonyl (C=O) groups excluding carboxylic acids is 1. The second kappa shape index (κ2) is 5.98. The van der Waals surface area contributed by atoms with Crippen LogP contribution in [0.4, 0.5) is 0 Å². The van der Waals surface area contributed by atoms with E-state index in [1.54, 1.807) is 18.4 Å². The first-order valence-corrected chi connectivity index (χ1v) is 7.56. The van der Waals surface area contributed by atoms with Gasteiger partial charge < -0.3 is 5.32 Å². The lowest BCUT2D eigenvalue weighted by Gasteiger charge is -2.33. The summed E-state index contributed by atoms with van der Waals surface area (Å²) in [7, 11) is 1.72. The molecule has 94 valence electrons. The van der Waals surface area contributed by atoms with Crippen LogP contribution < -0.4 is 5.32 Å². The molecule has 5 heteroatoms. The summed E-state index contributed by atoms with van der Waals surface area (Å²) in [4.78, 5) is 15.4. The molecule has 0 aromatic carbocycles. The number of piperidine rings is 1. The Labute approximate surface area is 114 Å². The molecule has 17 heavy (non-hydrogen) atoms. The van der Waals surface area contributed by atoms with E-state index in [-0.39, 0.29) is 11.9 Å². The van der Waals surface area contributed by atoms with Crippen molar-refractivity contribution in [2.75, 3.05) is 13.6 Å². The standard InChI is InChI=1S/C12H17BrN2OS/c1-14-12(16)11-4-2-3-5-15(11)7-10-6-9(13)8-17-10/h6,8,11H,2-5,7H2,1H3,(H,14,16). The lowest BCUT2D eigenvalue weighted by molar-refractivity contribution is -0.127. The molecule has 0 saturated carbocycles. The van der Waals surface area contributed by atoms with Crippen molar-refractivity contribution in [3.05, 3.63) is 20.8 Å². The van der Waals surface area contributed by atoms with Crippen molar-refractivity contribution in [2.45, 2.75) is 31.8 Å². The quantitative estimate of drug-likeness (QED) is 0.929. The highest BCUT2D eigenvalue weighted by Gasteiger charge is 2.27. The predicted molar refractivity (Wildman–Crippen MR) is 74.1 cm³/mol. The Bertz CT molecular complexity index is 394. The summed E-state index contributed by atoms with van der Waals surface area (Å²) in [5.41, 5.74) is 0. The van der Waals surface area contributed by atoms with Gasteiger partial charge in [-0.1, -0.05) is 6.42 Å². The van der Waals surface area contributed by atoms with E-state index in [2.05, 4.69) is 37.6 Å². The number of thiophene rings is 1. The van der Waals surface area contributed by atoms with Crippen LogP contribution in [0.3, 0.4) is 0 Å². The SMILES string of the molecule is CNC(=O)C1CCCCN1Cc1cc(Br)cs1. The molecule has 1 N–H and O–H groups in total. The summed E-state index contributed by atoms with van der Waals surface area (Å²) in [5, 5.41) is 4.86. The van der Waals surface area contributed by atoms with E-state index in [4.69, 9.17) is 0 Å². The largest absolute Gasteiger partial charge is 0.358 e. The second-order valence-electron chi connectivity index (χ2n) is 4.33. The number of likely N-dealkylation sites (tertiary alicyclic amines) is 1. The Morgan fingerprint density at radius 1 is 1.65 bits per heavy atom. The topological polar surface area (TPSA) is 32.3 Å². The first-order valence-electron chi connectivity index (χ1n) is 5.89. The summed E-state index contributed by atoms with van der Waals surface area (Å²) in [5.74, 6) is 0.153. The summed E-state index contributed by atoms with van der Waals surface area (Å²) in [6, 6.07) is 2.19. The predicted octanol–water partition coefficient (Wildman–Crippen LogP) is 2.61. The van der Waals surface area contributed by atoms with E-state index < -0.39 is 0 Å². The number of hydrogen-bond acceptors (Lipinski definition) is 3. The zero-order valence-electron chi connectivity index (χ0n) is 9.91. The Kier molecular flexibility index (Phi) is 4.59. The van der Waals surface area contributed by atoms with Crippen LogP contribution >= 0.6 is 27.3 Å². The van der Waals surface area contributed by atoms with Gasteiger partial charge in [-0.15, -0.1) is 11.3 Å². The first kappa shape index (κ1) is 13.1. The van der Waals surface area contributed by atoms with Gasteiger partial charge >= 0.3 is 0 Å². The van der Waals surface area contributed by atoms with Crippen molar-refractivity contribution in [2.24, 2.45) is 0 Å². The number of likely N-dealkylation sites (N-methyl/N-ethyl adjacent to an activating group) is 1. The average Bonchev–Trinajstić information content (AvgIpc) is 2.74. The number of nitrogens with one attached hydrogen (secondary N) is 1. The Balaban J connectivity index is 2.03. The molecular weight excluding hydrogens is 300 g/mol. The molecule has 0 bridgehead atoms. The number of rotatable bonds is 3. The molecule has 1 atom stereocenters. The number of hydrogen-bond donors (Lipinski definition) is 1. The Morgan fingerprint density at radius 3 is 3.12 bits per heavy atom. The van der Waals surface area contributed by atoms with Gasteiger partial charge in [0.05, 0.1) is 6.04 Å². The number of halogens is 1. The fourth-order valence-corrected chi connectivity index (χ4v) is 3.76. The van der Waals surface area contributed by atoms with Crippen LogP contribution in [0.5, 0.6) is 0 Å².